The van der Waals surface area contributed by atoms with Crippen molar-refractivity contribution >= 4 is 22.6 Å². The summed E-state index contributed by atoms with van der Waals surface area (Å²) in [6, 6.07) is 13.1. The largest absolute Gasteiger partial charge is 0.333 e. The third-order valence-electron chi connectivity index (χ3n) is 4.85. The fourth-order valence-electron chi connectivity index (χ4n) is 3.29. The Labute approximate surface area is 167 Å². The Morgan fingerprint density at radius 2 is 1.93 bits per heavy atom. The molecule has 0 fully saturated rings. The van der Waals surface area contributed by atoms with Gasteiger partial charge in [0, 0.05) is 25.1 Å². The van der Waals surface area contributed by atoms with Crippen molar-refractivity contribution in [2.45, 2.75) is 20.4 Å². The van der Waals surface area contributed by atoms with Crippen LogP contribution in [0.25, 0.3) is 22.6 Å². The highest BCUT2D eigenvalue weighted by molar-refractivity contribution is 5.92. The summed E-state index contributed by atoms with van der Waals surface area (Å²) in [7, 11) is 1.80. The fraction of sp³-hybridized carbons (Fsp3) is 0.182. The van der Waals surface area contributed by atoms with Crippen molar-refractivity contribution in [1.29, 1.82) is 0 Å². The van der Waals surface area contributed by atoms with Gasteiger partial charge in [0.25, 0.3) is 5.56 Å². The SMILES string of the molecule is Cc1ccc(C)c(NC(=O)Cn2c(=O)c(-c3nccn3C)nc3ccccc32)c1. The van der Waals surface area contributed by atoms with Gasteiger partial charge < -0.3 is 9.88 Å². The van der Waals surface area contributed by atoms with Crippen molar-refractivity contribution in [3.8, 4) is 11.5 Å². The smallest absolute Gasteiger partial charge is 0.281 e. The topological polar surface area (TPSA) is 81.8 Å². The van der Waals surface area contributed by atoms with E-state index in [9.17, 15) is 9.59 Å². The van der Waals surface area contributed by atoms with E-state index in [0.717, 1.165) is 16.8 Å². The summed E-state index contributed by atoms with van der Waals surface area (Å²) in [6.07, 6.45) is 3.37. The number of aryl methyl sites for hydroxylation is 3. The summed E-state index contributed by atoms with van der Waals surface area (Å²) in [5.41, 5.74) is 3.85. The van der Waals surface area contributed by atoms with Crippen LogP contribution in [0.3, 0.4) is 0 Å². The number of nitrogens with one attached hydrogen (secondary N) is 1. The van der Waals surface area contributed by atoms with E-state index in [1.807, 2.05) is 50.2 Å². The number of aromatic nitrogens is 4. The predicted molar refractivity (Wildman–Crippen MR) is 113 cm³/mol. The number of anilines is 1. The molecular formula is C22H21N5O2. The summed E-state index contributed by atoms with van der Waals surface area (Å²) >= 11 is 0. The van der Waals surface area contributed by atoms with Gasteiger partial charge in [0.1, 0.15) is 6.54 Å². The highest BCUT2D eigenvalue weighted by Crippen LogP contribution is 2.18. The molecule has 2 aromatic heterocycles. The lowest BCUT2D eigenvalue weighted by atomic mass is 10.1. The number of fused-ring (bicyclic) bond motifs is 1. The van der Waals surface area contributed by atoms with Crippen molar-refractivity contribution in [2.75, 3.05) is 5.32 Å². The Morgan fingerprint density at radius 3 is 2.69 bits per heavy atom. The Morgan fingerprint density at radius 1 is 1.14 bits per heavy atom. The normalized spacial score (nSPS) is 11.0. The maximum Gasteiger partial charge on any atom is 0.281 e. The number of amides is 1. The van der Waals surface area contributed by atoms with Gasteiger partial charge in [-0.2, -0.15) is 0 Å². The molecule has 1 amide bonds. The standard InChI is InChI=1S/C22H21N5O2/c1-14-8-9-15(2)17(12-14)24-19(28)13-27-18-7-5-4-6-16(18)25-20(22(27)29)21-23-10-11-26(21)3/h4-12H,13H2,1-3H3,(H,24,28). The third kappa shape index (κ3) is 3.54. The van der Waals surface area contributed by atoms with Crippen LogP contribution in [0, 0.1) is 13.8 Å². The van der Waals surface area contributed by atoms with Crippen LogP contribution in [-0.4, -0.2) is 25.0 Å². The zero-order chi connectivity index (χ0) is 20.5. The lowest BCUT2D eigenvalue weighted by molar-refractivity contribution is -0.116. The van der Waals surface area contributed by atoms with Crippen LogP contribution in [0.15, 0.2) is 59.7 Å². The van der Waals surface area contributed by atoms with Gasteiger partial charge >= 0.3 is 0 Å². The van der Waals surface area contributed by atoms with E-state index in [0.29, 0.717) is 16.9 Å². The molecule has 0 aliphatic carbocycles. The quantitative estimate of drug-likeness (QED) is 0.583. The van der Waals surface area contributed by atoms with E-state index < -0.39 is 0 Å². The highest BCUT2D eigenvalue weighted by Gasteiger charge is 2.18. The molecule has 0 aliphatic heterocycles. The number of para-hydroxylation sites is 2. The first-order valence-electron chi connectivity index (χ1n) is 9.28. The van der Waals surface area contributed by atoms with Crippen LogP contribution in [0.2, 0.25) is 0 Å². The molecule has 7 nitrogen and oxygen atoms in total. The number of rotatable bonds is 4. The number of hydrogen-bond acceptors (Lipinski definition) is 4. The summed E-state index contributed by atoms with van der Waals surface area (Å²) in [5, 5.41) is 2.92. The molecule has 0 atom stereocenters. The molecule has 4 rings (SSSR count). The molecule has 0 saturated heterocycles. The minimum absolute atomic E-state index is 0.118. The second-order valence-corrected chi connectivity index (χ2v) is 7.07. The number of nitrogens with zero attached hydrogens (tertiary/aromatic N) is 4. The van der Waals surface area contributed by atoms with Gasteiger partial charge in [-0.15, -0.1) is 0 Å². The van der Waals surface area contributed by atoms with E-state index in [1.54, 1.807) is 30.1 Å². The Balaban J connectivity index is 1.77. The molecule has 0 saturated carbocycles. The fourth-order valence-corrected chi connectivity index (χ4v) is 3.29. The Bertz CT molecular complexity index is 1290. The molecular weight excluding hydrogens is 366 g/mol. The summed E-state index contributed by atoms with van der Waals surface area (Å²) in [5.74, 6) is 0.187. The number of benzene rings is 2. The van der Waals surface area contributed by atoms with E-state index >= 15 is 0 Å². The van der Waals surface area contributed by atoms with E-state index in [1.165, 1.54) is 4.57 Å². The molecule has 0 radical (unpaired) electrons. The minimum Gasteiger partial charge on any atom is -0.333 e. The maximum absolute atomic E-state index is 13.2. The van der Waals surface area contributed by atoms with Crippen molar-refractivity contribution < 1.29 is 4.79 Å². The first-order chi connectivity index (χ1) is 13.9. The van der Waals surface area contributed by atoms with Crippen LogP contribution in [0.4, 0.5) is 5.69 Å². The van der Waals surface area contributed by atoms with Gasteiger partial charge in [-0.05, 0) is 43.2 Å². The Hall–Kier alpha value is -3.74. The van der Waals surface area contributed by atoms with E-state index in [2.05, 4.69) is 15.3 Å². The van der Waals surface area contributed by atoms with Gasteiger partial charge in [-0.25, -0.2) is 9.97 Å². The van der Waals surface area contributed by atoms with Crippen LogP contribution in [0.5, 0.6) is 0 Å². The van der Waals surface area contributed by atoms with Crippen LogP contribution < -0.4 is 10.9 Å². The second-order valence-electron chi connectivity index (χ2n) is 7.07. The number of carbonyl (C=O) groups excluding carboxylic acids is 1. The zero-order valence-corrected chi connectivity index (χ0v) is 16.5. The highest BCUT2D eigenvalue weighted by atomic mass is 16.2. The first kappa shape index (κ1) is 18.6. The maximum atomic E-state index is 13.2. The van der Waals surface area contributed by atoms with Crippen molar-refractivity contribution in [1.82, 2.24) is 19.1 Å². The van der Waals surface area contributed by atoms with Gasteiger partial charge in [0.2, 0.25) is 5.91 Å². The zero-order valence-electron chi connectivity index (χ0n) is 16.5. The molecule has 4 aromatic rings. The molecule has 2 aromatic carbocycles. The van der Waals surface area contributed by atoms with Crippen LogP contribution in [-0.2, 0) is 18.4 Å². The number of imidazole rings is 1. The molecule has 0 aliphatic rings. The summed E-state index contributed by atoms with van der Waals surface area (Å²) in [6.45, 7) is 3.78. The first-order valence-corrected chi connectivity index (χ1v) is 9.28. The van der Waals surface area contributed by atoms with E-state index in [-0.39, 0.29) is 23.7 Å². The molecule has 0 bridgehead atoms. The molecule has 29 heavy (non-hydrogen) atoms. The molecule has 0 unspecified atom stereocenters. The van der Waals surface area contributed by atoms with Crippen molar-refractivity contribution in [3.05, 3.63) is 76.3 Å². The van der Waals surface area contributed by atoms with Gasteiger partial charge in [-0.1, -0.05) is 24.3 Å². The summed E-state index contributed by atoms with van der Waals surface area (Å²) < 4.78 is 3.19. The van der Waals surface area contributed by atoms with Gasteiger partial charge in [-0.3, -0.25) is 14.2 Å². The number of hydrogen-bond donors (Lipinski definition) is 1. The lowest BCUT2D eigenvalue weighted by Crippen LogP contribution is -2.30. The Kier molecular flexibility index (Phi) is 4.72. The van der Waals surface area contributed by atoms with Crippen LogP contribution >= 0.6 is 0 Å². The average molecular weight is 387 g/mol. The lowest BCUT2D eigenvalue weighted by Gasteiger charge is -2.13. The van der Waals surface area contributed by atoms with Crippen molar-refractivity contribution in [2.24, 2.45) is 7.05 Å². The second kappa shape index (κ2) is 7.35. The molecule has 7 heteroatoms. The van der Waals surface area contributed by atoms with Crippen LogP contribution in [0.1, 0.15) is 11.1 Å². The molecule has 0 spiro atoms. The van der Waals surface area contributed by atoms with Crippen molar-refractivity contribution in [3.63, 3.8) is 0 Å². The number of carbonyl (C=O) groups is 1. The summed E-state index contributed by atoms with van der Waals surface area (Å²) in [4.78, 5) is 34.8. The third-order valence-corrected chi connectivity index (χ3v) is 4.85. The van der Waals surface area contributed by atoms with E-state index in [4.69, 9.17) is 0 Å². The molecule has 2 heterocycles. The monoisotopic (exact) mass is 387 g/mol. The predicted octanol–water partition coefficient (Wildman–Crippen LogP) is 3.05. The van der Waals surface area contributed by atoms with Gasteiger partial charge in [0.15, 0.2) is 11.5 Å². The molecule has 1 N–H and O–H groups in total. The van der Waals surface area contributed by atoms with Gasteiger partial charge in [0.05, 0.1) is 11.0 Å². The minimum atomic E-state index is -0.353. The average Bonchev–Trinajstić information content (AvgIpc) is 3.12. The molecule has 146 valence electrons.